The van der Waals surface area contributed by atoms with Crippen LogP contribution >= 0.6 is 0 Å². The number of hydrogen-bond donors (Lipinski definition) is 1. The Morgan fingerprint density at radius 1 is 1.28 bits per heavy atom. The third-order valence-electron chi connectivity index (χ3n) is 4.46. The Bertz CT molecular complexity index is 866. The second-order valence-corrected chi connectivity index (χ2v) is 6.28. The van der Waals surface area contributed by atoms with Crippen molar-refractivity contribution < 1.29 is 9.42 Å². The Kier molecular flexibility index (Phi) is 4.34. The molecule has 1 atom stereocenters. The molecule has 1 N–H and O–H groups in total. The third-order valence-corrected chi connectivity index (χ3v) is 4.46. The van der Waals surface area contributed by atoms with Gasteiger partial charge < -0.3 is 5.32 Å². The Morgan fingerprint density at radius 2 is 2.20 bits per heavy atom. The number of carbonyl (C=O) groups excluding carboxylic acids is 1. The van der Waals surface area contributed by atoms with E-state index in [1.807, 2.05) is 12.1 Å². The molecule has 25 heavy (non-hydrogen) atoms. The first-order chi connectivity index (χ1) is 12.3. The summed E-state index contributed by atoms with van der Waals surface area (Å²) in [5, 5.41) is 10.7. The SMILES string of the molecule is O=C(NCC1CCN(Cc2ccc3nonc3c2)C1)c1ccncn1. The van der Waals surface area contributed by atoms with Crippen LogP contribution in [-0.2, 0) is 6.54 Å². The topological polar surface area (TPSA) is 97.0 Å². The number of aromatic nitrogens is 4. The zero-order valence-electron chi connectivity index (χ0n) is 13.6. The molecule has 1 amide bonds. The highest BCUT2D eigenvalue weighted by molar-refractivity contribution is 5.92. The molecule has 128 valence electrons. The van der Waals surface area contributed by atoms with Crippen LogP contribution in [0.3, 0.4) is 0 Å². The first-order valence-corrected chi connectivity index (χ1v) is 8.26. The second-order valence-electron chi connectivity index (χ2n) is 6.28. The lowest BCUT2D eigenvalue weighted by atomic mass is 10.1. The minimum absolute atomic E-state index is 0.148. The first kappa shape index (κ1) is 15.6. The van der Waals surface area contributed by atoms with Gasteiger partial charge in [0.05, 0.1) is 0 Å². The average molecular weight is 338 g/mol. The van der Waals surface area contributed by atoms with Crippen molar-refractivity contribution in [3.05, 3.63) is 48.0 Å². The predicted molar refractivity (Wildman–Crippen MR) is 89.6 cm³/mol. The van der Waals surface area contributed by atoms with Crippen LogP contribution < -0.4 is 5.32 Å². The van der Waals surface area contributed by atoms with Gasteiger partial charge in [0.2, 0.25) is 0 Å². The molecule has 1 aromatic carbocycles. The molecule has 0 bridgehead atoms. The summed E-state index contributed by atoms with van der Waals surface area (Å²) in [6.07, 6.45) is 4.02. The van der Waals surface area contributed by atoms with Gasteiger partial charge in [-0.1, -0.05) is 6.07 Å². The van der Waals surface area contributed by atoms with Gasteiger partial charge in [-0.15, -0.1) is 0 Å². The van der Waals surface area contributed by atoms with E-state index >= 15 is 0 Å². The molecule has 0 saturated carbocycles. The van der Waals surface area contributed by atoms with Crippen LogP contribution in [0.4, 0.5) is 0 Å². The fourth-order valence-corrected chi connectivity index (χ4v) is 3.16. The summed E-state index contributed by atoms with van der Waals surface area (Å²) in [6, 6.07) is 7.61. The van der Waals surface area contributed by atoms with Gasteiger partial charge in [0, 0.05) is 25.8 Å². The van der Waals surface area contributed by atoms with E-state index < -0.39 is 0 Å². The van der Waals surface area contributed by atoms with Gasteiger partial charge in [-0.05, 0) is 53.0 Å². The summed E-state index contributed by atoms with van der Waals surface area (Å²) in [7, 11) is 0. The summed E-state index contributed by atoms with van der Waals surface area (Å²) in [6.45, 7) is 3.49. The van der Waals surface area contributed by atoms with Crippen molar-refractivity contribution in [1.29, 1.82) is 0 Å². The zero-order valence-corrected chi connectivity index (χ0v) is 13.6. The van der Waals surface area contributed by atoms with E-state index in [9.17, 15) is 4.79 Å². The number of hydrogen-bond acceptors (Lipinski definition) is 7. The van der Waals surface area contributed by atoms with E-state index in [2.05, 4.69) is 36.6 Å². The molecule has 8 nitrogen and oxygen atoms in total. The van der Waals surface area contributed by atoms with Gasteiger partial charge in [0.25, 0.3) is 5.91 Å². The van der Waals surface area contributed by atoms with Gasteiger partial charge in [0.15, 0.2) is 0 Å². The molecule has 0 aliphatic carbocycles. The van der Waals surface area contributed by atoms with Crippen molar-refractivity contribution in [2.45, 2.75) is 13.0 Å². The van der Waals surface area contributed by atoms with Gasteiger partial charge in [-0.25, -0.2) is 14.6 Å². The number of fused-ring (bicyclic) bond motifs is 1. The molecule has 1 saturated heterocycles. The largest absolute Gasteiger partial charge is 0.350 e. The van der Waals surface area contributed by atoms with Crippen molar-refractivity contribution in [1.82, 2.24) is 30.5 Å². The smallest absolute Gasteiger partial charge is 0.270 e. The van der Waals surface area contributed by atoms with Crippen LogP contribution in [0, 0.1) is 5.92 Å². The standard InChI is InChI=1S/C17H18N6O2/c24-17(15-3-5-18-11-20-15)19-8-13-4-6-23(10-13)9-12-1-2-14-16(7-12)22-25-21-14/h1-3,5,7,11,13H,4,6,8-10H2,(H,19,24). The van der Waals surface area contributed by atoms with Gasteiger partial charge in [0.1, 0.15) is 23.1 Å². The van der Waals surface area contributed by atoms with Crippen LogP contribution in [0.25, 0.3) is 11.0 Å². The van der Waals surface area contributed by atoms with Crippen molar-refractivity contribution in [3.63, 3.8) is 0 Å². The molecule has 1 fully saturated rings. The number of amides is 1. The van der Waals surface area contributed by atoms with E-state index in [1.165, 1.54) is 11.9 Å². The van der Waals surface area contributed by atoms with Gasteiger partial charge in [-0.3, -0.25) is 9.69 Å². The van der Waals surface area contributed by atoms with Crippen molar-refractivity contribution >= 4 is 16.9 Å². The Labute approximate surface area is 144 Å². The minimum atomic E-state index is -0.148. The molecule has 3 aromatic rings. The van der Waals surface area contributed by atoms with E-state index in [0.29, 0.717) is 18.2 Å². The first-order valence-electron chi connectivity index (χ1n) is 8.26. The molecule has 8 heteroatoms. The molecule has 0 radical (unpaired) electrons. The molecule has 0 spiro atoms. The Balaban J connectivity index is 1.28. The third kappa shape index (κ3) is 3.63. The fourth-order valence-electron chi connectivity index (χ4n) is 3.16. The number of carbonyl (C=O) groups is 1. The lowest BCUT2D eigenvalue weighted by molar-refractivity contribution is 0.0942. The van der Waals surface area contributed by atoms with Crippen molar-refractivity contribution in [2.75, 3.05) is 19.6 Å². The lowest BCUT2D eigenvalue weighted by Crippen LogP contribution is -2.31. The highest BCUT2D eigenvalue weighted by atomic mass is 16.6. The lowest BCUT2D eigenvalue weighted by Gasteiger charge is -2.16. The van der Waals surface area contributed by atoms with Crippen molar-refractivity contribution in [2.24, 2.45) is 5.92 Å². The second kappa shape index (κ2) is 6.94. The number of likely N-dealkylation sites (tertiary alicyclic amines) is 1. The maximum Gasteiger partial charge on any atom is 0.270 e. The van der Waals surface area contributed by atoms with E-state index in [0.717, 1.165) is 37.1 Å². The van der Waals surface area contributed by atoms with E-state index in [-0.39, 0.29) is 5.91 Å². The Morgan fingerprint density at radius 3 is 3.08 bits per heavy atom. The molecular weight excluding hydrogens is 320 g/mol. The van der Waals surface area contributed by atoms with Gasteiger partial charge >= 0.3 is 0 Å². The van der Waals surface area contributed by atoms with E-state index in [1.54, 1.807) is 12.3 Å². The molecular formula is C17H18N6O2. The number of nitrogens with one attached hydrogen (secondary N) is 1. The molecule has 3 heterocycles. The summed E-state index contributed by atoms with van der Waals surface area (Å²) < 4.78 is 4.73. The molecule has 1 unspecified atom stereocenters. The van der Waals surface area contributed by atoms with Crippen molar-refractivity contribution in [3.8, 4) is 0 Å². The zero-order chi connectivity index (χ0) is 17.1. The minimum Gasteiger partial charge on any atom is -0.350 e. The number of benzene rings is 1. The van der Waals surface area contributed by atoms with Gasteiger partial charge in [-0.2, -0.15) is 0 Å². The summed E-state index contributed by atoms with van der Waals surface area (Å²) in [5.74, 6) is 0.299. The average Bonchev–Trinajstić information content (AvgIpc) is 3.29. The molecule has 2 aromatic heterocycles. The molecule has 1 aliphatic rings. The van der Waals surface area contributed by atoms with Crippen LogP contribution in [0.1, 0.15) is 22.5 Å². The summed E-state index contributed by atoms with van der Waals surface area (Å²) >= 11 is 0. The molecule has 4 rings (SSSR count). The predicted octanol–water partition coefficient (Wildman–Crippen LogP) is 1.26. The molecule has 1 aliphatic heterocycles. The fraction of sp³-hybridized carbons (Fsp3) is 0.353. The monoisotopic (exact) mass is 338 g/mol. The summed E-state index contributed by atoms with van der Waals surface area (Å²) in [5.41, 5.74) is 3.15. The number of rotatable bonds is 5. The quantitative estimate of drug-likeness (QED) is 0.748. The van der Waals surface area contributed by atoms with Crippen LogP contribution in [-0.4, -0.2) is 50.7 Å². The van der Waals surface area contributed by atoms with Crippen LogP contribution in [0.2, 0.25) is 0 Å². The normalized spacial score (nSPS) is 17.8. The highest BCUT2D eigenvalue weighted by Crippen LogP contribution is 2.20. The van der Waals surface area contributed by atoms with Crippen LogP contribution in [0.15, 0.2) is 41.4 Å². The Hall–Kier alpha value is -2.87. The van der Waals surface area contributed by atoms with E-state index in [4.69, 9.17) is 4.63 Å². The maximum absolute atomic E-state index is 12.0. The number of nitrogens with zero attached hydrogens (tertiary/aromatic N) is 5. The highest BCUT2D eigenvalue weighted by Gasteiger charge is 2.23. The maximum atomic E-state index is 12.0. The summed E-state index contributed by atoms with van der Waals surface area (Å²) in [4.78, 5) is 22.2. The van der Waals surface area contributed by atoms with Crippen LogP contribution in [0.5, 0.6) is 0 Å².